The van der Waals surface area contributed by atoms with Crippen LogP contribution < -0.4 is 10.1 Å². The Hall–Kier alpha value is -1.13. The van der Waals surface area contributed by atoms with Crippen LogP contribution >= 0.6 is 0 Å². The van der Waals surface area contributed by atoms with E-state index in [0.717, 1.165) is 31.2 Å². The van der Waals surface area contributed by atoms with Gasteiger partial charge in [-0.2, -0.15) is 0 Å². The number of benzene rings is 1. The van der Waals surface area contributed by atoms with Gasteiger partial charge in [-0.1, -0.05) is 6.07 Å². The standard InChI is InChI=1S/C16H24FNO2/c1-11(18-2)15-8-7-12(17)9-16(15)20-14-6-4-5-13(10-14)19-3/h7-9,11,13-14,18H,4-6,10H2,1-3H3. The molecule has 3 atom stereocenters. The molecule has 0 saturated heterocycles. The van der Waals surface area contributed by atoms with E-state index in [4.69, 9.17) is 9.47 Å². The third kappa shape index (κ3) is 3.70. The molecule has 0 aromatic heterocycles. The van der Waals surface area contributed by atoms with E-state index < -0.39 is 0 Å². The fourth-order valence-corrected chi connectivity index (χ4v) is 2.73. The molecular weight excluding hydrogens is 257 g/mol. The number of rotatable bonds is 5. The molecule has 1 aromatic carbocycles. The van der Waals surface area contributed by atoms with Crippen molar-refractivity contribution in [2.75, 3.05) is 14.2 Å². The Kier molecular flexibility index (Phi) is 5.38. The molecule has 0 radical (unpaired) electrons. The van der Waals surface area contributed by atoms with Crippen molar-refractivity contribution in [2.45, 2.75) is 50.9 Å². The number of ether oxygens (including phenoxy) is 2. The second-order valence-corrected chi connectivity index (χ2v) is 5.46. The van der Waals surface area contributed by atoms with E-state index >= 15 is 0 Å². The average molecular weight is 281 g/mol. The van der Waals surface area contributed by atoms with Crippen molar-refractivity contribution in [3.8, 4) is 5.75 Å². The Morgan fingerprint density at radius 2 is 2.05 bits per heavy atom. The molecule has 1 N–H and O–H groups in total. The predicted octanol–water partition coefficient (Wildman–Crippen LogP) is 3.44. The first-order valence-corrected chi connectivity index (χ1v) is 7.30. The summed E-state index contributed by atoms with van der Waals surface area (Å²) in [4.78, 5) is 0. The van der Waals surface area contributed by atoms with Gasteiger partial charge in [0.15, 0.2) is 0 Å². The highest BCUT2D eigenvalue weighted by atomic mass is 19.1. The topological polar surface area (TPSA) is 30.5 Å². The minimum Gasteiger partial charge on any atom is -0.490 e. The van der Waals surface area contributed by atoms with E-state index in [0.29, 0.717) is 5.75 Å². The average Bonchev–Trinajstić information content (AvgIpc) is 2.47. The Balaban J connectivity index is 2.13. The van der Waals surface area contributed by atoms with Gasteiger partial charge in [-0.25, -0.2) is 4.39 Å². The van der Waals surface area contributed by atoms with Gasteiger partial charge in [-0.3, -0.25) is 0 Å². The van der Waals surface area contributed by atoms with E-state index in [9.17, 15) is 4.39 Å². The van der Waals surface area contributed by atoms with Crippen LogP contribution in [0.1, 0.15) is 44.2 Å². The maximum atomic E-state index is 13.5. The summed E-state index contributed by atoms with van der Waals surface area (Å²) in [6.45, 7) is 2.04. The molecule has 112 valence electrons. The molecule has 4 heteroatoms. The van der Waals surface area contributed by atoms with Crippen LogP contribution in [0.15, 0.2) is 18.2 Å². The predicted molar refractivity (Wildman–Crippen MR) is 77.6 cm³/mol. The quantitative estimate of drug-likeness (QED) is 0.896. The molecule has 0 spiro atoms. The Labute approximate surface area is 120 Å². The normalized spacial score (nSPS) is 24.4. The molecule has 3 nitrogen and oxygen atoms in total. The number of methoxy groups -OCH3 is 1. The maximum Gasteiger partial charge on any atom is 0.127 e. The summed E-state index contributed by atoms with van der Waals surface area (Å²) in [5.74, 6) is 0.389. The van der Waals surface area contributed by atoms with Crippen molar-refractivity contribution >= 4 is 0 Å². The van der Waals surface area contributed by atoms with Crippen molar-refractivity contribution in [1.29, 1.82) is 0 Å². The fraction of sp³-hybridized carbons (Fsp3) is 0.625. The van der Waals surface area contributed by atoms with Crippen molar-refractivity contribution in [3.05, 3.63) is 29.6 Å². The molecular formula is C16H24FNO2. The first-order chi connectivity index (χ1) is 9.63. The van der Waals surface area contributed by atoms with Crippen LogP contribution in [0.3, 0.4) is 0 Å². The third-order valence-electron chi connectivity index (χ3n) is 4.08. The molecule has 20 heavy (non-hydrogen) atoms. The van der Waals surface area contributed by atoms with E-state index in [2.05, 4.69) is 5.32 Å². The van der Waals surface area contributed by atoms with Gasteiger partial charge in [0.05, 0.1) is 6.10 Å². The molecule has 3 unspecified atom stereocenters. The molecule has 1 saturated carbocycles. The van der Waals surface area contributed by atoms with Crippen molar-refractivity contribution in [1.82, 2.24) is 5.32 Å². The summed E-state index contributed by atoms with van der Waals surface area (Å²) in [5.41, 5.74) is 0.994. The van der Waals surface area contributed by atoms with E-state index in [1.54, 1.807) is 13.2 Å². The minimum absolute atomic E-state index is 0.110. The molecule has 1 aliphatic carbocycles. The summed E-state index contributed by atoms with van der Waals surface area (Å²) < 4.78 is 25.0. The Morgan fingerprint density at radius 1 is 1.30 bits per heavy atom. The first-order valence-electron chi connectivity index (χ1n) is 7.30. The van der Waals surface area contributed by atoms with Gasteiger partial charge in [0, 0.05) is 31.2 Å². The summed E-state index contributed by atoms with van der Waals surface area (Å²) in [5, 5.41) is 3.17. The highest BCUT2D eigenvalue weighted by molar-refractivity contribution is 5.36. The lowest BCUT2D eigenvalue weighted by Crippen LogP contribution is -2.30. The second-order valence-electron chi connectivity index (χ2n) is 5.46. The van der Waals surface area contributed by atoms with Gasteiger partial charge in [-0.15, -0.1) is 0 Å². The van der Waals surface area contributed by atoms with Crippen LogP contribution in [0.2, 0.25) is 0 Å². The zero-order valence-corrected chi connectivity index (χ0v) is 12.5. The van der Waals surface area contributed by atoms with Gasteiger partial charge in [0.2, 0.25) is 0 Å². The smallest absolute Gasteiger partial charge is 0.127 e. The molecule has 1 aliphatic rings. The fourth-order valence-electron chi connectivity index (χ4n) is 2.73. The van der Waals surface area contributed by atoms with Gasteiger partial charge in [-0.05, 0) is 39.3 Å². The van der Waals surface area contributed by atoms with Crippen molar-refractivity contribution in [3.63, 3.8) is 0 Å². The molecule has 0 amide bonds. The zero-order chi connectivity index (χ0) is 14.5. The van der Waals surface area contributed by atoms with Gasteiger partial charge < -0.3 is 14.8 Å². The van der Waals surface area contributed by atoms with E-state index in [-0.39, 0.29) is 24.1 Å². The lowest BCUT2D eigenvalue weighted by Gasteiger charge is -2.30. The third-order valence-corrected chi connectivity index (χ3v) is 4.08. The van der Waals surface area contributed by atoms with Crippen LogP contribution in [0.4, 0.5) is 4.39 Å². The first kappa shape index (κ1) is 15.3. The molecule has 0 heterocycles. The lowest BCUT2D eigenvalue weighted by molar-refractivity contribution is 0.0204. The summed E-state index contributed by atoms with van der Waals surface area (Å²) >= 11 is 0. The highest BCUT2D eigenvalue weighted by Gasteiger charge is 2.24. The van der Waals surface area contributed by atoms with Crippen molar-refractivity contribution < 1.29 is 13.9 Å². The van der Waals surface area contributed by atoms with Crippen LogP contribution in [0, 0.1) is 5.82 Å². The van der Waals surface area contributed by atoms with Crippen LogP contribution in [-0.4, -0.2) is 26.4 Å². The van der Waals surface area contributed by atoms with Crippen molar-refractivity contribution in [2.24, 2.45) is 0 Å². The summed E-state index contributed by atoms with van der Waals surface area (Å²) in [7, 11) is 3.63. The van der Waals surface area contributed by atoms with Gasteiger partial charge in [0.25, 0.3) is 0 Å². The molecule has 0 bridgehead atoms. The highest BCUT2D eigenvalue weighted by Crippen LogP contribution is 2.30. The number of nitrogens with one attached hydrogen (secondary N) is 1. The zero-order valence-electron chi connectivity index (χ0n) is 12.5. The molecule has 0 aliphatic heterocycles. The van der Waals surface area contributed by atoms with E-state index in [1.165, 1.54) is 12.1 Å². The molecule has 1 aromatic rings. The monoisotopic (exact) mass is 281 g/mol. The maximum absolute atomic E-state index is 13.5. The summed E-state index contributed by atoms with van der Waals surface area (Å²) in [6.07, 6.45) is 4.42. The van der Waals surface area contributed by atoms with E-state index in [1.807, 2.05) is 14.0 Å². The number of hydrogen-bond acceptors (Lipinski definition) is 3. The van der Waals surface area contributed by atoms with Gasteiger partial charge in [0.1, 0.15) is 17.7 Å². The second kappa shape index (κ2) is 7.04. The Bertz CT molecular complexity index is 438. The SMILES string of the molecule is CNC(C)c1ccc(F)cc1OC1CCCC(OC)C1. The Morgan fingerprint density at radius 3 is 2.75 bits per heavy atom. The van der Waals surface area contributed by atoms with Crippen LogP contribution in [0.25, 0.3) is 0 Å². The largest absolute Gasteiger partial charge is 0.490 e. The van der Waals surface area contributed by atoms with Crippen LogP contribution in [-0.2, 0) is 4.74 Å². The minimum atomic E-state index is -0.258. The summed E-state index contributed by atoms with van der Waals surface area (Å²) in [6, 6.07) is 4.89. The number of halogens is 1. The molecule has 2 rings (SSSR count). The van der Waals surface area contributed by atoms with Crippen LogP contribution in [0.5, 0.6) is 5.75 Å². The van der Waals surface area contributed by atoms with Gasteiger partial charge >= 0.3 is 0 Å². The molecule has 1 fully saturated rings. The number of hydrogen-bond donors (Lipinski definition) is 1. The lowest BCUT2D eigenvalue weighted by atomic mass is 9.94.